The lowest BCUT2D eigenvalue weighted by Gasteiger charge is -2.30. The van der Waals surface area contributed by atoms with Gasteiger partial charge in [0, 0.05) is 42.3 Å². The number of carbonyl (C=O) groups is 1. The van der Waals surface area contributed by atoms with E-state index in [2.05, 4.69) is 88.9 Å². The van der Waals surface area contributed by atoms with Gasteiger partial charge in [-0.3, -0.25) is 4.90 Å². The first-order chi connectivity index (χ1) is 16.7. The molecule has 0 saturated carbocycles. The van der Waals surface area contributed by atoms with Crippen molar-refractivity contribution in [2.45, 2.75) is 31.8 Å². The highest BCUT2D eigenvalue weighted by Crippen LogP contribution is 2.37. The number of methoxy groups -OCH3 is 1. The Bertz CT molecular complexity index is 1310. The molecule has 5 rings (SSSR count). The Balaban J connectivity index is 1.38. The van der Waals surface area contributed by atoms with Gasteiger partial charge in [0.15, 0.2) is 0 Å². The number of benzene rings is 3. The first-order valence-electron chi connectivity index (χ1n) is 11.9. The Hall–Kier alpha value is -3.63. The molecule has 1 N–H and O–H groups in total. The molecule has 1 heterocycles. The summed E-state index contributed by atoms with van der Waals surface area (Å²) in [5.74, 6) is -0.329. The normalized spacial score (nSPS) is 15.3. The molecule has 1 atom stereocenters. The number of para-hydroxylation sites is 1. The van der Waals surface area contributed by atoms with Crippen molar-refractivity contribution in [1.82, 2.24) is 9.88 Å². The van der Waals surface area contributed by atoms with Crippen LogP contribution in [0.1, 0.15) is 40.3 Å². The highest BCUT2D eigenvalue weighted by atomic mass is 16.5. The molecule has 0 saturated heterocycles. The van der Waals surface area contributed by atoms with Crippen LogP contribution in [0.4, 0.5) is 0 Å². The molecule has 3 aromatic carbocycles. The van der Waals surface area contributed by atoms with Gasteiger partial charge in [-0.2, -0.15) is 0 Å². The van der Waals surface area contributed by atoms with E-state index in [1.54, 1.807) is 0 Å². The zero-order chi connectivity index (χ0) is 23.3. The number of fused-ring (bicyclic) bond motifs is 2. The number of H-pyrrole nitrogens is 1. The monoisotopic (exact) mass is 450 g/mol. The molecule has 0 radical (unpaired) electrons. The molecule has 0 fully saturated rings. The van der Waals surface area contributed by atoms with Crippen LogP contribution in [0, 0.1) is 0 Å². The van der Waals surface area contributed by atoms with E-state index >= 15 is 0 Å². The molecule has 0 bridgehead atoms. The number of aryl methyl sites for hydroxylation is 1. The van der Waals surface area contributed by atoms with Gasteiger partial charge in [-0.25, -0.2) is 4.79 Å². The Morgan fingerprint density at radius 3 is 2.76 bits per heavy atom. The molecule has 34 heavy (non-hydrogen) atoms. The second-order valence-electron chi connectivity index (χ2n) is 8.93. The Kier molecular flexibility index (Phi) is 6.59. The summed E-state index contributed by atoms with van der Waals surface area (Å²) in [4.78, 5) is 17.5. The molecule has 4 heteroatoms. The van der Waals surface area contributed by atoms with E-state index in [1.165, 1.54) is 46.3 Å². The summed E-state index contributed by atoms with van der Waals surface area (Å²) in [5.41, 5.74) is 7.74. The van der Waals surface area contributed by atoms with Gasteiger partial charge in [0.2, 0.25) is 0 Å². The van der Waals surface area contributed by atoms with E-state index in [0.29, 0.717) is 6.04 Å². The Morgan fingerprint density at radius 2 is 1.91 bits per heavy atom. The number of carbonyl (C=O) groups excluding carboxylic acids is 1. The summed E-state index contributed by atoms with van der Waals surface area (Å²) in [5, 5.41) is 1.32. The maximum atomic E-state index is 11.5. The first kappa shape index (κ1) is 22.2. The number of rotatable bonds is 8. The van der Waals surface area contributed by atoms with Crippen molar-refractivity contribution in [2.24, 2.45) is 0 Å². The van der Waals surface area contributed by atoms with Crippen molar-refractivity contribution < 1.29 is 9.53 Å². The minimum atomic E-state index is -0.329. The standard InChI is InChI=1S/C30H30N2O2/c1-34-30(33)16-12-22-11-14-27-24(19-22)13-15-29(27)32(21-23-7-3-2-4-8-23)18-17-25-20-31-28-10-6-5-9-26(25)28/h2-12,14,16,19-20,29,31H,13,15,17-18,21H2,1H3/b16-12+. The Labute approximate surface area is 200 Å². The average Bonchev–Trinajstić information content (AvgIpc) is 3.49. The van der Waals surface area contributed by atoms with Crippen LogP contribution in [0.25, 0.3) is 17.0 Å². The highest BCUT2D eigenvalue weighted by Gasteiger charge is 2.28. The lowest BCUT2D eigenvalue weighted by molar-refractivity contribution is -0.134. The molecule has 1 unspecified atom stereocenters. The van der Waals surface area contributed by atoms with Crippen LogP contribution >= 0.6 is 0 Å². The number of hydrogen-bond acceptors (Lipinski definition) is 3. The van der Waals surface area contributed by atoms with Crippen molar-refractivity contribution in [3.05, 3.63) is 113 Å². The van der Waals surface area contributed by atoms with Crippen LogP contribution in [0.5, 0.6) is 0 Å². The summed E-state index contributed by atoms with van der Waals surface area (Å²) in [7, 11) is 1.40. The van der Waals surface area contributed by atoms with Crippen molar-refractivity contribution in [3.63, 3.8) is 0 Å². The van der Waals surface area contributed by atoms with E-state index in [0.717, 1.165) is 37.9 Å². The number of nitrogens with one attached hydrogen (secondary N) is 1. The minimum absolute atomic E-state index is 0.329. The summed E-state index contributed by atoms with van der Waals surface area (Å²) >= 11 is 0. The van der Waals surface area contributed by atoms with E-state index in [1.807, 2.05) is 6.08 Å². The van der Waals surface area contributed by atoms with Gasteiger partial charge in [-0.15, -0.1) is 0 Å². The average molecular weight is 451 g/mol. The number of nitrogens with zero attached hydrogens (tertiary/aromatic N) is 1. The van der Waals surface area contributed by atoms with Gasteiger partial charge in [-0.1, -0.05) is 66.7 Å². The zero-order valence-corrected chi connectivity index (χ0v) is 19.5. The van der Waals surface area contributed by atoms with Gasteiger partial charge in [-0.05, 0) is 59.2 Å². The predicted octanol–water partition coefficient (Wildman–Crippen LogP) is 6.09. The molecular formula is C30H30N2O2. The first-order valence-corrected chi connectivity index (χ1v) is 11.9. The molecule has 1 aliphatic rings. The molecule has 0 aliphatic heterocycles. The second-order valence-corrected chi connectivity index (χ2v) is 8.93. The van der Waals surface area contributed by atoms with Crippen LogP contribution in [0.2, 0.25) is 0 Å². The molecule has 172 valence electrons. The minimum Gasteiger partial charge on any atom is -0.466 e. The molecule has 4 nitrogen and oxygen atoms in total. The highest BCUT2D eigenvalue weighted by molar-refractivity contribution is 5.87. The van der Waals surface area contributed by atoms with Crippen LogP contribution in [-0.4, -0.2) is 29.5 Å². The summed E-state index contributed by atoms with van der Waals surface area (Å²) in [6.45, 7) is 1.92. The third kappa shape index (κ3) is 4.82. The lowest BCUT2D eigenvalue weighted by atomic mass is 10.0. The summed E-state index contributed by atoms with van der Waals surface area (Å²) in [6, 6.07) is 26.2. The van der Waals surface area contributed by atoms with E-state index in [4.69, 9.17) is 4.74 Å². The predicted molar refractivity (Wildman–Crippen MR) is 137 cm³/mol. The largest absolute Gasteiger partial charge is 0.466 e. The summed E-state index contributed by atoms with van der Waals surface area (Å²) < 4.78 is 4.72. The van der Waals surface area contributed by atoms with Gasteiger partial charge >= 0.3 is 5.97 Å². The smallest absolute Gasteiger partial charge is 0.330 e. The molecule has 0 spiro atoms. The molecule has 4 aromatic rings. The number of esters is 1. The van der Waals surface area contributed by atoms with Crippen LogP contribution in [0.3, 0.4) is 0 Å². The van der Waals surface area contributed by atoms with Gasteiger partial charge in [0.25, 0.3) is 0 Å². The molecule has 1 aromatic heterocycles. The number of ether oxygens (including phenoxy) is 1. The summed E-state index contributed by atoms with van der Waals surface area (Å²) in [6.07, 6.45) is 8.64. The third-order valence-electron chi connectivity index (χ3n) is 6.84. The fourth-order valence-electron chi connectivity index (χ4n) is 5.10. The number of aromatic amines is 1. The maximum absolute atomic E-state index is 11.5. The van der Waals surface area contributed by atoms with Crippen molar-refractivity contribution in [2.75, 3.05) is 13.7 Å². The van der Waals surface area contributed by atoms with Gasteiger partial charge < -0.3 is 9.72 Å². The fraction of sp³-hybridized carbons (Fsp3) is 0.233. The zero-order valence-electron chi connectivity index (χ0n) is 19.5. The van der Waals surface area contributed by atoms with Crippen molar-refractivity contribution in [3.8, 4) is 0 Å². The fourth-order valence-corrected chi connectivity index (χ4v) is 5.10. The van der Waals surface area contributed by atoms with Crippen LogP contribution < -0.4 is 0 Å². The number of aromatic nitrogens is 1. The lowest BCUT2D eigenvalue weighted by Crippen LogP contribution is -2.29. The van der Waals surface area contributed by atoms with Gasteiger partial charge in [0.05, 0.1) is 7.11 Å². The van der Waals surface area contributed by atoms with Crippen molar-refractivity contribution in [1.29, 1.82) is 0 Å². The number of hydrogen-bond donors (Lipinski definition) is 1. The van der Waals surface area contributed by atoms with E-state index in [-0.39, 0.29) is 5.97 Å². The van der Waals surface area contributed by atoms with Crippen molar-refractivity contribution >= 4 is 22.9 Å². The SMILES string of the molecule is COC(=O)/C=C/c1ccc2c(c1)CCC2N(CCc1c[nH]c2ccccc12)Cc1ccccc1. The Morgan fingerprint density at radius 1 is 1.09 bits per heavy atom. The van der Waals surface area contributed by atoms with Crippen LogP contribution in [0.15, 0.2) is 85.1 Å². The van der Waals surface area contributed by atoms with Crippen LogP contribution in [-0.2, 0) is 28.9 Å². The molecule has 1 aliphatic carbocycles. The maximum Gasteiger partial charge on any atom is 0.330 e. The second kappa shape index (κ2) is 10.1. The van der Waals surface area contributed by atoms with Gasteiger partial charge in [0.1, 0.15) is 0 Å². The quantitative estimate of drug-likeness (QED) is 0.261. The molecular weight excluding hydrogens is 420 g/mol. The van der Waals surface area contributed by atoms with E-state index in [9.17, 15) is 4.79 Å². The van der Waals surface area contributed by atoms with E-state index < -0.39 is 0 Å². The third-order valence-corrected chi connectivity index (χ3v) is 6.84. The molecule has 0 amide bonds. The topological polar surface area (TPSA) is 45.3 Å².